The zero-order valence-corrected chi connectivity index (χ0v) is 18.2. The van der Waals surface area contributed by atoms with Gasteiger partial charge in [-0.2, -0.15) is 5.26 Å². The highest BCUT2D eigenvalue weighted by atomic mass is 32.2. The standard InChI is InChI=1S/C21H16N2O7S2/c1-12-18(30-11-17(24)25)20(21(26)27)31-19(12)14-3-2-4-15(9-14)23-32(28,29)16-7-5-13(10-22)6-8-16/h2-9,23H,11H2,1H3,(H,24,25)(H,26,27). The number of rotatable bonds is 8. The van der Waals surface area contributed by atoms with Crippen LogP contribution in [0.4, 0.5) is 5.69 Å². The van der Waals surface area contributed by atoms with Crippen molar-refractivity contribution in [3.63, 3.8) is 0 Å². The summed E-state index contributed by atoms with van der Waals surface area (Å²) in [6.07, 6.45) is 0. The number of anilines is 1. The van der Waals surface area contributed by atoms with Crippen LogP contribution in [-0.4, -0.2) is 37.2 Å². The lowest BCUT2D eigenvalue weighted by Crippen LogP contribution is -2.12. The number of hydrogen-bond acceptors (Lipinski definition) is 7. The van der Waals surface area contributed by atoms with Crippen LogP contribution in [0.5, 0.6) is 5.75 Å². The number of hydrogen-bond donors (Lipinski definition) is 3. The third-order valence-corrected chi connectivity index (χ3v) is 7.00. The molecule has 0 bridgehead atoms. The Labute approximate surface area is 187 Å². The lowest BCUT2D eigenvalue weighted by molar-refractivity contribution is -0.139. The topological polar surface area (TPSA) is 154 Å². The fourth-order valence-electron chi connectivity index (χ4n) is 2.87. The lowest BCUT2D eigenvalue weighted by atomic mass is 10.1. The Morgan fingerprint density at radius 1 is 1.16 bits per heavy atom. The van der Waals surface area contributed by atoms with Gasteiger partial charge in [-0.3, -0.25) is 4.72 Å². The molecule has 32 heavy (non-hydrogen) atoms. The summed E-state index contributed by atoms with van der Waals surface area (Å²) < 4.78 is 33.0. The summed E-state index contributed by atoms with van der Waals surface area (Å²) in [4.78, 5) is 22.7. The summed E-state index contributed by atoms with van der Waals surface area (Å²) in [5, 5.41) is 27.1. The molecule has 0 amide bonds. The first-order valence-electron chi connectivity index (χ1n) is 8.97. The minimum atomic E-state index is -3.92. The van der Waals surface area contributed by atoms with Gasteiger partial charge in [0.05, 0.1) is 16.5 Å². The zero-order chi connectivity index (χ0) is 23.5. The molecule has 0 spiro atoms. The van der Waals surface area contributed by atoms with Crippen LogP contribution in [-0.2, 0) is 14.8 Å². The number of nitrogens with one attached hydrogen (secondary N) is 1. The quantitative estimate of drug-likeness (QED) is 0.450. The van der Waals surface area contributed by atoms with Crippen molar-refractivity contribution in [1.29, 1.82) is 5.26 Å². The van der Waals surface area contributed by atoms with Crippen molar-refractivity contribution in [1.82, 2.24) is 0 Å². The highest BCUT2D eigenvalue weighted by Gasteiger charge is 2.23. The van der Waals surface area contributed by atoms with Gasteiger partial charge in [0.15, 0.2) is 11.5 Å². The van der Waals surface area contributed by atoms with E-state index in [0.717, 1.165) is 11.3 Å². The first kappa shape index (κ1) is 22.8. The molecule has 0 aliphatic heterocycles. The Morgan fingerprint density at radius 3 is 2.44 bits per heavy atom. The molecule has 0 fully saturated rings. The molecule has 0 unspecified atom stereocenters. The summed E-state index contributed by atoms with van der Waals surface area (Å²) in [5.74, 6) is -2.54. The summed E-state index contributed by atoms with van der Waals surface area (Å²) in [7, 11) is -3.92. The number of carbonyl (C=O) groups is 2. The normalized spacial score (nSPS) is 10.9. The second-order valence-electron chi connectivity index (χ2n) is 6.52. The van der Waals surface area contributed by atoms with E-state index in [0.29, 0.717) is 21.6 Å². The number of aliphatic carboxylic acids is 1. The third kappa shape index (κ3) is 4.88. The van der Waals surface area contributed by atoms with Crippen molar-refractivity contribution in [2.75, 3.05) is 11.3 Å². The molecule has 2 aromatic carbocycles. The van der Waals surface area contributed by atoms with Crippen molar-refractivity contribution in [3.8, 4) is 22.3 Å². The molecule has 0 radical (unpaired) electrons. The van der Waals surface area contributed by atoms with Gasteiger partial charge < -0.3 is 14.9 Å². The predicted molar refractivity (Wildman–Crippen MR) is 117 cm³/mol. The van der Waals surface area contributed by atoms with Crippen LogP contribution in [0.15, 0.2) is 53.4 Å². The molecule has 3 aromatic rings. The molecule has 1 heterocycles. The Balaban J connectivity index is 1.95. The average Bonchev–Trinajstić information content (AvgIpc) is 3.08. The molecule has 0 atom stereocenters. The number of ether oxygens (including phenoxy) is 1. The maximum absolute atomic E-state index is 12.7. The number of benzene rings is 2. The van der Waals surface area contributed by atoms with Gasteiger partial charge in [0.2, 0.25) is 0 Å². The van der Waals surface area contributed by atoms with Crippen LogP contribution in [0.2, 0.25) is 0 Å². The molecule has 0 aliphatic rings. The molecular formula is C21H16N2O7S2. The molecule has 3 rings (SSSR count). The number of sulfonamides is 1. The SMILES string of the molecule is Cc1c(-c2cccc(NS(=O)(=O)c3ccc(C#N)cc3)c2)sc(C(=O)O)c1OCC(=O)O. The summed E-state index contributed by atoms with van der Waals surface area (Å²) in [6.45, 7) is 0.908. The van der Waals surface area contributed by atoms with Crippen LogP contribution in [0.3, 0.4) is 0 Å². The van der Waals surface area contributed by atoms with E-state index < -0.39 is 28.6 Å². The van der Waals surface area contributed by atoms with E-state index in [-0.39, 0.29) is 21.2 Å². The van der Waals surface area contributed by atoms with Crippen LogP contribution < -0.4 is 9.46 Å². The molecule has 1 aromatic heterocycles. The fraction of sp³-hybridized carbons (Fsp3) is 0.0952. The molecule has 0 aliphatic carbocycles. The smallest absolute Gasteiger partial charge is 0.349 e. The Bertz CT molecular complexity index is 1340. The first-order valence-corrected chi connectivity index (χ1v) is 11.3. The maximum atomic E-state index is 12.7. The molecule has 3 N–H and O–H groups in total. The highest BCUT2D eigenvalue weighted by Crippen LogP contribution is 2.42. The Kier molecular flexibility index (Phi) is 6.47. The van der Waals surface area contributed by atoms with Gasteiger partial charge in [0, 0.05) is 16.1 Å². The van der Waals surface area contributed by atoms with Crippen molar-refractivity contribution in [2.24, 2.45) is 0 Å². The van der Waals surface area contributed by atoms with Crippen LogP contribution in [0, 0.1) is 18.3 Å². The molecule has 9 nitrogen and oxygen atoms in total. The Hall–Kier alpha value is -3.88. The monoisotopic (exact) mass is 472 g/mol. The van der Waals surface area contributed by atoms with Gasteiger partial charge in [-0.05, 0) is 48.9 Å². The van der Waals surface area contributed by atoms with Gasteiger partial charge in [-0.15, -0.1) is 11.3 Å². The molecule has 11 heteroatoms. The van der Waals surface area contributed by atoms with Gasteiger partial charge >= 0.3 is 11.9 Å². The van der Waals surface area contributed by atoms with Gasteiger partial charge in [0.1, 0.15) is 5.75 Å². The number of nitriles is 1. The van der Waals surface area contributed by atoms with E-state index in [4.69, 9.17) is 15.1 Å². The van der Waals surface area contributed by atoms with Crippen LogP contribution in [0.25, 0.3) is 10.4 Å². The second-order valence-corrected chi connectivity index (χ2v) is 9.23. The fourth-order valence-corrected chi connectivity index (χ4v) is 5.01. The Morgan fingerprint density at radius 2 is 1.84 bits per heavy atom. The summed E-state index contributed by atoms with van der Waals surface area (Å²) in [6, 6.07) is 13.7. The van der Waals surface area contributed by atoms with E-state index in [1.54, 1.807) is 19.1 Å². The zero-order valence-electron chi connectivity index (χ0n) is 16.5. The predicted octanol–water partition coefficient (Wildman–Crippen LogP) is 3.56. The average molecular weight is 473 g/mol. The van der Waals surface area contributed by atoms with Crippen LogP contribution in [0.1, 0.15) is 20.8 Å². The lowest BCUT2D eigenvalue weighted by Gasteiger charge is -2.10. The van der Waals surface area contributed by atoms with E-state index in [1.165, 1.54) is 36.4 Å². The maximum Gasteiger partial charge on any atom is 0.349 e. The van der Waals surface area contributed by atoms with E-state index in [1.807, 2.05) is 6.07 Å². The number of carboxylic acids is 2. The number of aromatic carboxylic acids is 1. The summed E-state index contributed by atoms with van der Waals surface area (Å²) in [5.41, 5.74) is 1.53. The molecular weight excluding hydrogens is 456 g/mol. The summed E-state index contributed by atoms with van der Waals surface area (Å²) >= 11 is 0.901. The number of thiophene rings is 1. The molecule has 0 saturated heterocycles. The van der Waals surface area contributed by atoms with Crippen LogP contribution >= 0.6 is 11.3 Å². The molecule has 0 saturated carbocycles. The van der Waals surface area contributed by atoms with Gasteiger partial charge in [-0.25, -0.2) is 18.0 Å². The minimum absolute atomic E-state index is 0.0215. The van der Waals surface area contributed by atoms with E-state index >= 15 is 0 Å². The first-order chi connectivity index (χ1) is 15.1. The third-order valence-electron chi connectivity index (χ3n) is 4.30. The van der Waals surface area contributed by atoms with Crippen molar-refractivity contribution in [2.45, 2.75) is 11.8 Å². The second kappa shape index (κ2) is 9.09. The van der Waals surface area contributed by atoms with Gasteiger partial charge in [0.25, 0.3) is 10.0 Å². The van der Waals surface area contributed by atoms with E-state index in [9.17, 15) is 23.1 Å². The van der Waals surface area contributed by atoms with E-state index in [2.05, 4.69) is 4.72 Å². The highest BCUT2D eigenvalue weighted by molar-refractivity contribution is 7.92. The minimum Gasteiger partial charge on any atom is -0.480 e. The van der Waals surface area contributed by atoms with Gasteiger partial charge in [-0.1, -0.05) is 12.1 Å². The number of carboxylic acid groups (broad SMARTS) is 2. The molecule has 164 valence electrons. The largest absolute Gasteiger partial charge is 0.480 e. The van der Waals surface area contributed by atoms with Crippen molar-refractivity contribution < 1.29 is 33.0 Å². The van der Waals surface area contributed by atoms with Crippen molar-refractivity contribution >= 4 is 39.0 Å². The van der Waals surface area contributed by atoms with Crippen molar-refractivity contribution in [3.05, 3.63) is 64.5 Å². The number of nitrogens with zero attached hydrogens (tertiary/aromatic N) is 1.